The lowest BCUT2D eigenvalue weighted by atomic mass is 9.95. The third kappa shape index (κ3) is 7.49. The molecule has 0 spiro atoms. The number of methoxy groups -OCH3 is 1. The molecule has 0 aromatic heterocycles. The minimum Gasteiger partial charge on any atom is -0.507 e. The normalized spacial score (nSPS) is 18.3. The van der Waals surface area contributed by atoms with Gasteiger partial charge in [-0.2, -0.15) is 0 Å². The molecule has 3 aromatic carbocycles. The number of aliphatic hydroxyl groups excluding tert-OH is 1. The Bertz CT molecular complexity index is 1510. The van der Waals surface area contributed by atoms with Crippen molar-refractivity contribution >= 4 is 17.4 Å². The second kappa shape index (κ2) is 15.1. The lowest BCUT2D eigenvalue weighted by Crippen LogP contribution is -2.42. The lowest BCUT2D eigenvalue weighted by Gasteiger charge is -2.31. The van der Waals surface area contributed by atoms with Gasteiger partial charge in [-0.25, -0.2) is 0 Å². The van der Waals surface area contributed by atoms with E-state index < -0.39 is 17.7 Å². The first-order chi connectivity index (χ1) is 21.9. The van der Waals surface area contributed by atoms with Crippen molar-refractivity contribution in [2.75, 3.05) is 53.1 Å². The quantitative estimate of drug-likeness (QED) is 0.116. The van der Waals surface area contributed by atoms with Crippen LogP contribution in [-0.4, -0.2) is 79.7 Å². The van der Waals surface area contributed by atoms with E-state index in [1.165, 1.54) is 0 Å². The molecule has 2 aliphatic rings. The second-order valence-corrected chi connectivity index (χ2v) is 11.3. The highest BCUT2D eigenvalue weighted by atomic mass is 16.5. The fourth-order valence-electron chi connectivity index (χ4n) is 5.63. The number of rotatable bonds is 13. The molecule has 45 heavy (non-hydrogen) atoms. The Labute approximate surface area is 265 Å². The largest absolute Gasteiger partial charge is 0.507 e. The summed E-state index contributed by atoms with van der Waals surface area (Å²) in [5.41, 5.74) is 3.33. The third-order valence-electron chi connectivity index (χ3n) is 8.34. The number of morpholine rings is 1. The van der Waals surface area contributed by atoms with Crippen LogP contribution in [0.3, 0.4) is 0 Å². The summed E-state index contributed by atoms with van der Waals surface area (Å²) in [5, 5.41) is 11.6. The van der Waals surface area contributed by atoms with Crippen LogP contribution in [0.5, 0.6) is 17.2 Å². The van der Waals surface area contributed by atoms with Gasteiger partial charge in [-0.15, -0.1) is 0 Å². The molecule has 238 valence electrons. The Hall–Kier alpha value is -4.34. The molecule has 1 N–H and O–H groups in total. The number of amides is 1. The van der Waals surface area contributed by atoms with Crippen molar-refractivity contribution in [3.8, 4) is 17.2 Å². The average molecular weight is 615 g/mol. The number of likely N-dealkylation sites (tertiary alicyclic amines) is 1. The van der Waals surface area contributed by atoms with E-state index in [0.29, 0.717) is 67.9 Å². The van der Waals surface area contributed by atoms with Crippen LogP contribution in [0, 0.1) is 6.92 Å². The van der Waals surface area contributed by atoms with Crippen LogP contribution in [0.4, 0.5) is 0 Å². The van der Waals surface area contributed by atoms with E-state index in [1.54, 1.807) is 48.4 Å². The first-order valence-electron chi connectivity index (χ1n) is 15.6. The highest BCUT2D eigenvalue weighted by Gasteiger charge is 2.46. The van der Waals surface area contributed by atoms with Crippen molar-refractivity contribution in [3.63, 3.8) is 0 Å². The second-order valence-electron chi connectivity index (χ2n) is 11.3. The number of hydrogen-bond acceptors (Lipinski definition) is 8. The van der Waals surface area contributed by atoms with Crippen LogP contribution in [0.1, 0.15) is 48.1 Å². The Balaban J connectivity index is 1.45. The Kier molecular flexibility index (Phi) is 10.8. The SMILES string of the molecule is CCCCOc1ccc(C2C(=C(O)c3ccc(OCc4ccccc4C)cc3)C(=O)C(=O)N2CCN2CCOCC2)cc1OC. The molecule has 0 aliphatic carbocycles. The molecule has 5 rings (SSSR count). The molecule has 2 aliphatic heterocycles. The maximum Gasteiger partial charge on any atom is 0.295 e. The number of hydrogen-bond donors (Lipinski definition) is 1. The minimum absolute atomic E-state index is 0.0391. The minimum atomic E-state index is -0.804. The summed E-state index contributed by atoms with van der Waals surface area (Å²) in [4.78, 5) is 30.9. The molecule has 0 radical (unpaired) electrons. The molecule has 1 unspecified atom stereocenters. The molecule has 0 saturated carbocycles. The zero-order chi connectivity index (χ0) is 31.8. The number of Topliss-reactive ketones (excluding diaryl/α,β-unsaturated/α-hetero) is 1. The smallest absolute Gasteiger partial charge is 0.295 e. The van der Waals surface area contributed by atoms with Gasteiger partial charge >= 0.3 is 0 Å². The molecular formula is C36H42N2O7. The van der Waals surface area contributed by atoms with E-state index >= 15 is 0 Å². The van der Waals surface area contributed by atoms with Crippen molar-refractivity contribution in [3.05, 3.63) is 94.6 Å². The number of aryl methyl sites for hydroxylation is 1. The molecule has 2 heterocycles. The van der Waals surface area contributed by atoms with Gasteiger partial charge in [-0.3, -0.25) is 14.5 Å². The fourth-order valence-corrected chi connectivity index (χ4v) is 5.63. The summed E-state index contributed by atoms with van der Waals surface area (Å²) in [6, 6.07) is 19.5. The molecule has 2 saturated heterocycles. The number of aliphatic hydroxyl groups is 1. The first-order valence-corrected chi connectivity index (χ1v) is 15.6. The van der Waals surface area contributed by atoms with Gasteiger partial charge in [0.15, 0.2) is 11.5 Å². The Morgan fingerprint density at radius 2 is 1.71 bits per heavy atom. The van der Waals surface area contributed by atoms with Crippen LogP contribution in [-0.2, 0) is 20.9 Å². The Morgan fingerprint density at radius 3 is 2.42 bits per heavy atom. The molecule has 9 heteroatoms. The number of nitrogens with zero attached hydrogens (tertiary/aromatic N) is 2. The standard InChI is InChI=1S/C36H42N2O7/c1-4-5-20-44-30-15-12-27(23-31(30)42-3)33-32(35(40)36(41)38(33)17-16-37-18-21-43-22-19-37)34(39)26-10-13-29(14-11-26)45-24-28-9-7-6-8-25(28)2/h6-15,23,33,39H,4-5,16-22,24H2,1-3H3. The van der Waals surface area contributed by atoms with Gasteiger partial charge in [-0.05, 0) is 66.4 Å². The van der Waals surface area contributed by atoms with Crippen LogP contribution >= 0.6 is 0 Å². The number of benzene rings is 3. The van der Waals surface area contributed by atoms with Gasteiger partial charge in [0.05, 0.1) is 38.5 Å². The van der Waals surface area contributed by atoms with Crippen molar-refractivity contribution in [1.29, 1.82) is 0 Å². The van der Waals surface area contributed by atoms with Crippen LogP contribution < -0.4 is 14.2 Å². The van der Waals surface area contributed by atoms with Crippen LogP contribution in [0.2, 0.25) is 0 Å². The monoisotopic (exact) mass is 614 g/mol. The number of unbranched alkanes of at least 4 members (excludes halogenated alkanes) is 1. The number of carbonyl (C=O) groups is 2. The fraction of sp³-hybridized carbons (Fsp3) is 0.389. The summed E-state index contributed by atoms with van der Waals surface area (Å²) in [6.45, 7) is 8.75. The topological polar surface area (TPSA) is 97.8 Å². The van der Waals surface area contributed by atoms with E-state index in [0.717, 1.165) is 37.1 Å². The van der Waals surface area contributed by atoms with Gasteiger partial charge in [0, 0.05) is 31.7 Å². The number of ether oxygens (including phenoxy) is 4. The highest BCUT2D eigenvalue weighted by Crippen LogP contribution is 2.42. The highest BCUT2D eigenvalue weighted by molar-refractivity contribution is 6.46. The van der Waals surface area contributed by atoms with Gasteiger partial charge in [0.1, 0.15) is 18.1 Å². The molecule has 1 atom stereocenters. The average Bonchev–Trinajstić information content (AvgIpc) is 3.32. The van der Waals surface area contributed by atoms with E-state index in [9.17, 15) is 14.7 Å². The number of carbonyl (C=O) groups excluding carboxylic acids is 2. The van der Waals surface area contributed by atoms with E-state index in [2.05, 4.69) is 11.8 Å². The molecule has 1 amide bonds. The summed E-state index contributed by atoms with van der Waals surface area (Å²) >= 11 is 0. The zero-order valence-electron chi connectivity index (χ0n) is 26.3. The van der Waals surface area contributed by atoms with E-state index in [-0.39, 0.29) is 11.3 Å². The van der Waals surface area contributed by atoms with Crippen molar-refractivity contribution in [1.82, 2.24) is 9.80 Å². The van der Waals surface area contributed by atoms with E-state index in [4.69, 9.17) is 18.9 Å². The van der Waals surface area contributed by atoms with Gasteiger partial charge in [0.25, 0.3) is 11.7 Å². The molecular weight excluding hydrogens is 572 g/mol. The zero-order valence-corrected chi connectivity index (χ0v) is 26.3. The first kappa shape index (κ1) is 32.1. The Morgan fingerprint density at radius 1 is 0.956 bits per heavy atom. The molecule has 9 nitrogen and oxygen atoms in total. The lowest BCUT2D eigenvalue weighted by molar-refractivity contribution is -0.140. The van der Waals surface area contributed by atoms with Crippen molar-refractivity contribution in [2.24, 2.45) is 0 Å². The number of ketones is 1. The molecule has 3 aromatic rings. The predicted octanol–water partition coefficient (Wildman–Crippen LogP) is 5.52. The maximum absolute atomic E-state index is 13.6. The van der Waals surface area contributed by atoms with Crippen molar-refractivity contribution in [2.45, 2.75) is 39.3 Å². The van der Waals surface area contributed by atoms with Gasteiger partial charge < -0.3 is 29.0 Å². The summed E-state index contributed by atoms with van der Waals surface area (Å²) in [6.07, 6.45) is 1.90. The van der Waals surface area contributed by atoms with Gasteiger partial charge in [-0.1, -0.05) is 43.7 Å². The third-order valence-corrected chi connectivity index (χ3v) is 8.34. The van der Waals surface area contributed by atoms with Gasteiger partial charge in [0.2, 0.25) is 0 Å². The summed E-state index contributed by atoms with van der Waals surface area (Å²) in [5.74, 6) is 0.108. The van der Waals surface area contributed by atoms with Crippen LogP contribution in [0.25, 0.3) is 5.76 Å². The van der Waals surface area contributed by atoms with Crippen molar-refractivity contribution < 1.29 is 33.6 Å². The van der Waals surface area contributed by atoms with Crippen LogP contribution in [0.15, 0.2) is 72.3 Å². The molecule has 0 bridgehead atoms. The van der Waals surface area contributed by atoms with E-state index in [1.807, 2.05) is 37.3 Å². The molecule has 2 fully saturated rings. The predicted molar refractivity (Wildman–Crippen MR) is 172 cm³/mol. The summed E-state index contributed by atoms with van der Waals surface area (Å²) in [7, 11) is 1.56. The summed E-state index contributed by atoms with van der Waals surface area (Å²) < 4.78 is 23.0. The maximum atomic E-state index is 13.6.